The maximum Gasteiger partial charge on any atom is 0.406 e. The summed E-state index contributed by atoms with van der Waals surface area (Å²) in [6.45, 7) is -0.428. The Hall–Kier alpha value is -0.990. The van der Waals surface area contributed by atoms with Gasteiger partial charge in [-0.2, -0.15) is 27.1 Å². The fourth-order valence-electron chi connectivity index (χ4n) is 1.08. The Bertz CT molecular complexity index is 418. The highest BCUT2D eigenvalue weighted by Gasteiger charge is 2.38. The van der Waals surface area contributed by atoms with Crippen molar-refractivity contribution in [2.24, 2.45) is 0 Å². The molecule has 0 aliphatic heterocycles. The van der Waals surface area contributed by atoms with Crippen LogP contribution in [-0.2, 0) is 12.5 Å². The molecule has 0 spiro atoms. The van der Waals surface area contributed by atoms with Crippen molar-refractivity contribution >= 4 is 12.2 Å². The Kier molecular flexibility index (Phi) is 3.36. The van der Waals surface area contributed by atoms with Crippen molar-refractivity contribution in [1.82, 2.24) is 14.8 Å². The highest BCUT2D eigenvalue weighted by atomic mass is 32.1. The lowest BCUT2D eigenvalue weighted by Crippen LogP contribution is -2.25. The van der Waals surface area contributed by atoms with Crippen LogP contribution >= 0.6 is 12.2 Å². The first kappa shape index (κ1) is 13.1. The first-order chi connectivity index (χ1) is 7.17. The summed E-state index contributed by atoms with van der Waals surface area (Å²) in [4.78, 5) is 0. The van der Waals surface area contributed by atoms with Gasteiger partial charge in [-0.05, 0) is 12.2 Å². The zero-order valence-electron chi connectivity index (χ0n) is 8.11. The number of nitrogens with zero attached hydrogens (tertiary/aromatic N) is 2. The largest absolute Gasteiger partial charge is 0.406 e. The van der Waals surface area contributed by atoms with Gasteiger partial charge in [0.15, 0.2) is 4.77 Å². The second-order valence-electron chi connectivity index (χ2n) is 3.11. The van der Waals surface area contributed by atoms with Crippen LogP contribution in [0.2, 0.25) is 0 Å². The SMILES string of the molecule is CCC(F)(F)c1n[nH]c(=S)n1CC(F)(F)F. The minimum absolute atomic E-state index is 0.263. The van der Waals surface area contributed by atoms with Gasteiger partial charge in [0.2, 0.25) is 5.82 Å². The van der Waals surface area contributed by atoms with Gasteiger partial charge in [-0.1, -0.05) is 6.92 Å². The maximum absolute atomic E-state index is 13.2. The molecule has 1 aromatic heterocycles. The first-order valence-electron chi connectivity index (χ1n) is 4.27. The third kappa shape index (κ3) is 2.77. The summed E-state index contributed by atoms with van der Waals surface area (Å²) < 4.78 is 62.6. The molecule has 92 valence electrons. The predicted octanol–water partition coefficient (Wildman–Crippen LogP) is 3.00. The summed E-state index contributed by atoms with van der Waals surface area (Å²) in [7, 11) is 0. The van der Waals surface area contributed by atoms with E-state index >= 15 is 0 Å². The molecule has 16 heavy (non-hydrogen) atoms. The normalized spacial score (nSPS) is 13.1. The van der Waals surface area contributed by atoms with Gasteiger partial charge in [-0.25, -0.2) is 0 Å². The van der Waals surface area contributed by atoms with E-state index in [2.05, 4.69) is 17.3 Å². The number of aromatic nitrogens is 3. The van der Waals surface area contributed by atoms with Gasteiger partial charge in [-0.3, -0.25) is 9.67 Å². The van der Waals surface area contributed by atoms with Crippen molar-refractivity contribution in [3.8, 4) is 0 Å². The summed E-state index contributed by atoms with van der Waals surface area (Å²) in [5, 5.41) is 5.07. The summed E-state index contributed by atoms with van der Waals surface area (Å²) >= 11 is 4.47. The average Bonchev–Trinajstić information content (AvgIpc) is 2.46. The van der Waals surface area contributed by atoms with Crippen LogP contribution in [0.3, 0.4) is 0 Å². The number of hydrogen-bond acceptors (Lipinski definition) is 2. The van der Waals surface area contributed by atoms with Crippen LogP contribution in [0.4, 0.5) is 22.0 Å². The molecule has 0 aliphatic carbocycles. The van der Waals surface area contributed by atoms with Crippen molar-refractivity contribution in [3.05, 3.63) is 10.6 Å². The monoisotopic (exact) mass is 261 g/mol. The molecule has 0 aliphatic rings. The highest BCUT2D eigenvalue weighted by Crippen LogP contribution is 2.31. The molecule has 1 aromatic rings. The van der Waals surface area contributed by atoms with Crippen LogP contribution in [0.1, 0.15) is 19.2 Å². The lowest BCUT2D eigenvalue weighted by molar-refractivity contribution is -0.143. The second kappa shape index (κ2) is 4.11. The number of halogens is 5. The third-order valence-corrected chi connectivity index (χ3v) is 2.18. The first-order valence-corrected chi connectivity index (χ1v) is 4.68. The van der Waals surface area contributed by atoms with E-state index in [1.54, 1.807) is 0 Å². The quantitative estimate of drug-likeness (QED) is 0.670. The molecule has 9 heteroatoms. The Morgan fingerprint density at radius 2 is 1.88 bits per heavy atom. The average molecular weight is 261 g/mol. The molecular weight excluding hydrogens is 253 g/mol. The number of alkyl halides is 5. The van der Waals surface area contributed by atoms with E-state index in [0.717, 1.165) is 6.92 Å². The van der Waals surface area contributed by atoms with Gasteiger partial charge in [-0.15, -0.1) is 0 Å². The van der Waals surface area contributed by atoms with Crippen LogP contribution < -0.4 is 0 Å². The van der Waals surface area contributed by atoms with Crippen molar-refractivity contribution in [1.29, 1.82) is 0 Å². The van der Waals surface area contributed by atoms with Crippen LogP contribution in [-0.4, -0.2) is 20.9 Å². The maximum atomic E-state index is 13.2. The van der Waals surface area contributed by atoms with Gasteiger partial charge in [0, 0.05) is 6.42 Å². The lowest BCUT2D eigenvalue weighted by Gasteiger charge is -2.15. The molecule has 0 amide bonds. The van der Waals surface area contributed by atoms with Gasteiger partial charge in [0.25, 0.3) is 0 Å². The van der Waals surface area contributed by atoms with Gasteiger partial charge >= 0.3 is 12.1 Å². The molecule has 0 unspecified atom stereocenters. The van der Waals surface area contributed by atoms with E-state index < -0.39 is 35.7 Å². The van der Waals surface area contributed by atoms with Crippen molar-refractivity contribution < 1.29 is 22.0 Å². The Balaban J connectivity index is 3.19. The Labute approximate surface area is 92.3 Å². The molecule has 0 atom stereocenters. The molecule has 0 aromatic carbocycles. The molecule has 1 heterocycles. The summed E-state index contributed by atoms with van der Waals surface area (Å²) in [5.41, 5.74) is 0. The number of hydrogen-bond donors (Lipinski definition) is 1. The predicted molar refractivity (Wildman–Crippen MR) is 47.7 cm³/mol. The molecule has 0 radical (unpaired) electrons. The number of aromatic amines is 1. The molecule has 0 fully saturated rings. The van der Waals surface area contributed by atoms with Gasteiger partial charge in [0.05, 0.1) is 0 Å². The minimum Gasteiger partial charge on any atom is -0.290 e. The highest BCUT2D eigenvalue weighted by molar-refractivity contribution is 7.71. The van der Waals surface area contributed by atoms with Crippen LogP contribution in [0.5, 0.6) is 0 Å². The number of H-pyrrole nitrogens is 1. The molecule has 1 N–H and O–H groups in total. The third-order valence-electron chi connectivity index (χ3n) is 1.87. The second-order valence-corrected chi connectivity index (χ2v) is 3.50. The Morgan fingerprint density at radius 1 is 1.31 bits per heavy atom. The lowest BCUT2D eigenvalue weighted by atomic mass is 10.2. The number of nitrogens with one attached hydrogen (secondary N) is 1. The van der Waals surface area contributed by atoms with E-state index in [1.807, 2.05) is 5.10 Å². The summed E-state index contributed by atoms with van der Waals surface area (Å²) in [5.74, 6) is -4.42. The van der Waals surface area contributed by atoms with Crippen molar-refractivity contribution in [3.63, 3.8) is 0 Å². The topological polar surface area (TPSA) is 33.6 Å². The molecule has 0 saturated heterocycles. The number of rotatable bonds is 3. The summed E-state index contributed by atoms with van der Waals surface area (Å²) in [6, 6.07) is 0. The van der Waals surface area contributed by atoms with Crippen LogP contribution in [0, 0.1) is 4.77 Å². The standard InChI is InChI=1S/C7H8F5N3S/c1-2-6(8,9)4-13-14-5(16)15(4)3-7(10,11)12/h2-3H2,1H3,(H,14,16). The fourth-order valence-corrected chi connectivity index (χ4v) is 1.28. The van der Waals surface area contributed by atoms with Crippen molar-refractivity contribution in [2.75, 3.05) is 0 Å². The van der Waals surface area contributed by atoms with E-state index in [0.29, 0.717) is 0 Å². The van der Waals surface area contributed by atoms with Gasteiger partial charge < -0.3 is 0 Å². The van der Waals surface area contributed by atoms with E-state index in [-0.39, 0.29) is 4.57 Å². The van der Waals surface area contributed by atoms with Crippen LogP contribution in [0.15, 0.2) is 0 Å². The molecule has 0 bridgehead atoms. The van der Waals surface area contributed by atoms with E-state index in [1.165, 1.54) is 0 Å². The van der Waals surface area contributed by atoms with E-state index in [9.17, 15) is 22.0 Å². The van der Waals surface area contributed by atoms with Crippen LogP contribution in [0.25, 0.3) is 0 Å². The smallest absolute Gasteiger partial charge is 0.290 e. The van der Waals surface area contributed by atoms with E-state index in [4.69, 9.17) is 0 Å². The fraction of sp³-hybridized carbons (Fsp3) is 0.714. The molecule has 1 rings (SSSR count). The molecule has 0 saturated carbocycles. The van der Waals surface area contributed by atoms with Gasteiger partial charge in [0.1, 0.15) is 6.54 Å². The zero-order chi connectivity index (χ0) is 12.6. The summed E-state index contributed by atoms with van der Waals surface area (Å²) in [6.07, 6.45) is -5.27. The van der Waals surface area contributed by atoms with Crippen molar-refractivity contribution in [2.45, 2.75) is 32.0 Å². The molecular formula is C7H8F5N3S. The molecule has 3 nitrogen and oxygen atoms in total. The minimum atomic E-state index is -4.62. The Morgan fingerprint density at radius 3 is 2.31 bits per heavy atom. The zero-order valence-corrected chi connectivity index (χ0v) is 8.92.